The first kappa shape index (κ1) is 16.5. The average molecular weight is 373 g/mol. The highest BCUT2D eigenvalue weighted by molar-refractivity contribution is 9.10. The molecule has 0 aromatic carbocycles. The van der Waals surface area contributed by atoms with Crippen LogP contribution in [0.1, 0.15) is 37.7 Å². The standard InChI is InChI=1S/C11H15BrClNO4S/c1-5-11(2,3)14(4)10(15)7-6-8(9(12)18-7)19(13,16)17/h6H,5H2,1-4H3. The van der Waals surface area contributed by atoms with Crippen molar-refractivity contribution in [1.29, 1.82) is 0 Å². The first-order valence-electron chi connectivity index (χ1n) is 5.53. The molecule has 1 heterocycles. The number of amides is 1. The summed E-state index contributed by atoms with van der Waals surface area (Å²) in [5.74, 6) is -0.478. The Hall–Kier alpha value is -0.530. The summed E-state index contributed by atoms with van der Waals surface area (Å²) < 4.78 is 27.6. The molecule has 1 rings (SSSR count). The first-order chi connectivity index (χ1) is 8.50. The van der Waals surface area contributed by atoms with Crippen LogP contribution in [0.25, 0.3) is 0 Å². The maximum atomic E-state index is 12.2. The topological polar surface area (TPSA) is 67.6 Å². The number of nitrogens with zero attached hydrogens (tertiary/aromatic N) is 1. The third-order valence-electron chi connectivity index (χ3n) is 3.21. The largest absolute Gasteiger partial charge is 0.443 e. The molecule has 0 unspecified atom stereocenters. The monoisotopic (exact) mass is 371 g/mol. The second-order valence-corrected chi connectivity index (χ2v) is 7.97. The molecule has 1 aromatic rings. The number of carbonyl (C=O) groups is 1. The Kier molecular flexibility index (Phi) is 4.75. The summed E-state index contributed by atoms with van der Waals surface area (Å²) in [6.07, 6.45) is 0.748. The van der Waals surface area contributed by atoms with Crippen molar-refractivity contribution in [3.8, 4) is 0 Å². The normalized spacial score (nSPS) is 12.5. The van der Waals surface area contributed by atoms with Gasteiger partial charge in [0, 0.05) is 29.3 Å². The zero-order chi connectivity index (χ0) is 15.0. The van der Waals surface area contributed by atoms with Gasteiger partial charge in [0.25, 0.3) is 15.0 Å². The second kappa shape index (κ2) is 5.46. The van der Waals surface area contributed by atoms with E-state index in [2.05, 4.69) is 15.9 Å². The van der Waals surface area contributed by atoms with Gasteiger partial charge < -0.3 is 9.32 Å². The Morgan fingerprint density at radius 3 is 2.42 bits per heavy atom. The van der Waals surface area contributed by atoms with E-state index in [4.69, 9.17) is 15.1 Å². The zero-order valence-electron chi connectivity index (χ0n) is 11.0. The molecule has 0 radical (unpaired) electrons. The maximum absolute atomic E-state index is 12.2. The lowest BCUT2D eigenvalue weighted by molar-refractivity contribution is 0.0586. The maximum Gasteiger partial charge on any atom is 0.289 e. The molecule has 0 saturated heterocycles. The highest BCUT2D eigenvalue weighted by Crippen LogP contribution is 2.30. The summed E-state index contributed by atoms with van der Waals surface area (Å²) in [6, 6.07) is 1.12. The van der Waals surface area contributed by atoms with Crippen molar-refractivity contribution >= 4 is 41.6 Å². The summed E-state index contributed by atoms with van der Waals surface area (Å²) in [7, 11) is 2.92. The van der Waals surface area contributed by atoms with Crippen molar-refractivity contribution in [2.45, 2.75) is 37.6 Å². The van der Waals surface area contributed by atoms with Crippen molar-refractivity contribution in [3.63, 3.8) is 0 Å². The highest BCUT2D eigenvalue weighted by atomic mass is 79.9. The number of rotatable bonds is 4. The van der Waals surface area contributed by atoms with E-state index in [9.17, 15) is 13.2 Å². The van der Waals surface area contributed by atoms with Crippen LogP contribution in [0.2, 0.25) is 0 Å². The molecule has 1 amide bonds. The average Bonchev–Trinajstić information content (AvgIpc) is 2.69. The van der Waals surface area contributed by atoms with E-state index in [1.54, 1.807) is 7.05 Å². The minimum Gasteiger partial charge on any atom is -0.443 e. The molecular weight excluding hydrogens is 358 g/mol. The van der Waals surface area contributed by atoms with Crippen molar-refractivity contribution in [2.75, 3.05) is 7.05 Å². The summed E-state index contributed by atoms with van der Waals surface area (Å²) in [5.41, 5.74) is -0.365. The molecule has 0 saturated carbocycles. The van der Waals surface area contributed by atoms with Gasteiger partial charge in [0.2, 0.25) is 0 Å². The van der Waals surface area contributed by atoms with Crippen molar-refractivity contribution in [1.82, 2.24) is 4.90 Å². The zero-order valence-corrected chi connectivity index (χ0v) is 14.2. The van der Waals surface area contributed by atoms with E-state index >= 15 is 0 Å². The molecule has 108 valence electrons. The van der Waals surface area contributed by atoms with Gasteiger partial charge in [0.15, 0.2) is 10.4 Å². The molecular formula is C11H15BrClNO4S. The Morgan fingerprint density at radius 2 is 2.05 bits per heavy atom. The number of hydrogen-bond donors (Lipinski definition) is 0. The molecule has 0 atom stereocenters. The van der Waals surface area contributed by atoms with Crippen LogP contribution < -0.4 is 0 Å². The minimum absolute atomic E-state index is 0.0740. The van der Waals surface area contributed by atoms with Gasteiger partial charge in [-0.1, -0.05) is 6.92 Å². The van der Waals surface area contributed by atoms with Crippen LogP contribution in [0.4, 0.5) is 0 Å². The Bertz CT molecular complexity index is 594. The van der Waals surface area contributed by atoms with Gasteiger partial charge in [0.05, 0.1) is 0 Å². The number of carbonyl (C=O) groups excluding carboxylic acids is 1. The molecule has 1 aromatic heterocycles. The molecule has 0 spiro atoms. The lowest BCUT2D eigenvalue weighted by Gasteiger charge is -2.34. The first-order valence-corrected chi connectivity index (χ1v) is 8.63. The fourth-order valence-corrected chi connectivity index (χ4v) is 3.33. The summed E-state index contributed by atoms with van der Waals surface area (Å²) in [4.78, 5) is 13.5. The third kappa shape index (κ3) is 3.52. The van der Waals surface area contributed by atoms with Gasteiger partial charge in [0.1, 0.15) is 4.90 Å². The van der Waals surface area contributed by atoms with E-state index < -0.39 is 15.0 Å². The molecule has 0 fully saturated rings. The Morgan fingerprint density at radius 1 is 1.53 bits per heavy atom. The molecule has 8 heteroatoms. The van der Waals surface area contributed by atoms with Crippen LogP contribution in [0.15, 0.2) is 20.0 Å². The molecule has 0 aliphatic carbocycles. The summed E-state index contributed by atoms with van der Waals surface area (Å²) in [5, 5.41) is 0. The smallest absolute Gasteiger partial charge is 0.289 e. The number of hydrogen-bond acceptors (Lipinski definition) is 4. The van der Waals surface area contributed by atoms with E-state index in [-0.39, 0.29) is 20.9 Å². The second-order valence-electron chi connectivity index (χ2n) is 4.72. The van der Waals surface area contributed by atoms with Crippen LogP contribution in [0.3, 0.4) is 0 Å². The summed E-state index contributed by atoms with van der Waals surface area (Å²) >= 11 is 2.94. The van der Waals surface area contributed by atoms with E-state index in [0.717, 1.165) is 12.5 Å². The lowest BCUT2D eigenvalue weighted by Crippen LogP contribution is -2.44. The van der Waals surface area contributed by atoms with Gasteiger partial charge >= 0.3 is 0 Å². The van der Waals surface area contributed by atoms with Crippen LogP contribution in [0, 0.1) is 0 Å². The van der Waals surface area contributed by atoms with Gasteiger partial charge in [-0.15, -0.1) is 0 Å². The fraction of sp³-hybridized carbons (Fsp3) is 0.545. The molecule has 19 heavy (non-hydrogen) atoms. The van der Waals surface area contributed by atoms with E-state index in [1.807, 2.05) is 20.8 Å². The van der Waals surface area contributed by atoms with Crippen molar-refractivity contribution in [3.05, 3.63) is 16.5 Å². The quantitative estimate of drug-likeness (QED) is 0.761. The van der Waals surface area contributed by atoms with Gasteiger partial charge in [-0.2, -0.15) is 0 Å². The highest BCUT2D eigenvalue weighted by Gasteiger charge is 2.30. The minimum atomic E-state index is -3.95. The predicted octanol–water partition coefficient (Wildman–Crippen LogP) is 3.23. The van der Waals surface area contributed by atoms with Crippen LogP contribution >= 0.6 is 26.6 Å². The SMILES string of the molecule is CCC(C)(C)N(C)C(=O)c1cc(S(=O)(=O)Cl)c(Br)o1. The van der Waals surface area contributed by atoms with E-state index in [1.165, 1.54) is 4.90 Å². The van der Waals surface area contributed by atoms with Crippen molar-refractivity contribution in [2.24, 2.45) is 0 Å². The fourth-order valence-electron chi connectivity index (χ4n) is 1.30. The molecule has 0 bridgehead atoms. The van der Waals surface area contributed by atoms with Gasteiger partial charge in [-0.3, -0.25) is 4.79 Å². The van der Waals surface area contributed by atoms with Crippen LogP contribution in [-0.2, 0) is 9.05 Å². The lowest BCUT2D eigenvalue weighted by atomic mass is 10.00. The molecule has 0 aliphatic heterocycles. The summed E-state index contributed by atoms with van der Waals surface area (Å²) in [6.45, 7) is 5.76. The molecule has 5 nitrogen and oxygen atoms in total. The number of furan rings is 1. The van der Waals surface area contributed by atoms with Crippen LogP contribution in [0.5, 0.6) is 0 Å². The Labute approximate surface area is 125 Å². The number of halogens is 2. The van der Waals surface area contributed by atoms with Crippen molar-refractivity contribution < 1.29 is 17.6 Å². The van der Waals surface area contributed by atoms with Crippen LogP contribution in [-0.4, -0.2) is 31.8 Å². The molecule has 0 aliphatic rings. The molecule has 0 N–H and O–H groups in total. The predicted molar refractivity (Wildman–Crippen MR) is 75.9 cm³/mol. The van der Waals surface area contributed by atoms with Gasteiger partial charge in [-0.05, 0) is 36.2 Å². The van der Waals surface area contributed by atoms with E-state index in [0.29, 0.717) is 0 Å². The Balaban J connectivity index is 3.16. The van der Waals surface area contributed by atoms with Gasteiger partial charge in [-0.25, -0.2) is 8.42 Å². The third-order valence-corrected chi connectivity index (χ3v) is 5.39.